The van der Waals surface area contributed by atoms with Crippen LogP contribution in [-0.4, -0.2) is 0 Å². The van der Waals surface area contributed by atoms with Crippen LogP contribution in [0.2, 0.25) is 0 Å². The van der Waals surface area contributed by atoms with Gasteiger partial charge in [0.2, 0.25) is 0 Å². The summed E-state index contributed by atoms with van der Waals surface area (Å²) in [6.45, 7) is 6.87. The normalized spacial score (nSPS) is 27.3. The molecule has 0 saturated carbocycles. The van der Waals surface area contributed by atoms with Crippen LogP contribution in [0.4, 0.5) is 0 Å². The van der Waals surface area contributed by atoms with Gasteiger partial charge in [-0.3, -0.25) is 0 Å². The van der Waals surface area contributed by atoms with Crippen LogP contribution in [0, 0.1) is 5.92 Å². The largest absolute Gasteiger partial charge is 0.0744 e. The Bertz CT molecular complexity index is 142. The van der Waals surface area contributed by atoms with Crippen molar-refractivity contribution in [3.05, 3.63) is 11.1 Å². The van der Waals surface area contributed by atoms with Gasteiger partial charge in [-0.2, -0.15) is 0 Å². The fourth-order valence-electron chi connectivity index (χ4n) is 1.69. The topological polar surface area (TPSA) is 0 Å². The van der Waals surface area contributed by atoms with Crippen molar-refractivity contribution in [2.24, 2.45) is 5.92 Å². The molecule has 0 radical (unpaired) electrons. The standard InChI is InChI=1S/C10H18/c1-4-10-6-5-8(2)9(3)7-10/h10H,4-7H2,1-3H3. The van der Waals surface area contributed by atoms with E-state index in [1.165, 1.54) is 25.7 Å². The molecule has 0 bridgehead atoms. The Labute approximate surface area is 64.3 Å². The van der Waals surface area contributed by atoms with Crippen LogP contribution >= 0.6 is 0 Å². The Morgan fingerprint density at radius 1 is 1.30 bits per heavy atom. The average Bonchev–Trinajstić information content (AvgIpc) is 1.95. The molecule has 1 unspecified atom stereocenters. The van der Waals surface area contributed by atoms with E-state index in [2.05, 4.69) is 20.8 Å². The first-order valence-electron chi connectivity index (χ1n) is 4.39. The zero-order chi connectivity index (χ0) is 7.56. The summed E-state index contributed by atoms with van der Waals surface area (Å²) in [5.74, 6) is 0.990. The third kappa shape index (κ3) is 1.62. The Kier molecular flexibility index (Phi) is 2.53. The van der Waals surface area contributed by atoms with Crippen LogP contribution in [0.25, 0.3) is 0 Å². The maximum atomic E-state index is 2.30. The van der Waals surface area contributed by atoms with E-state index in [1.54, 1.807) is 11.1 Å². The van der Waals surface area contributed by atoms with Crippen molar-refractivity contribution >= 4 is 0 Å². The molecule has 0 fully saturated rings. The molecule has 0 aromatic carbocycles. The third-order valence-corrected chi connectivity index (χ3v) is 2.83. The van der Waals surface area contributed by atoms with Gasteiger partial charge in [0.25, 0.3) is 0 Å². The van der Waals surface area contributed by atoms with Gasteiger partial charge in [0.05, 0.1) is 0 Å². The van der Waals surface area contributed by atoms with Gasteiger partial charge >= 0.3 is 0 Å². The maximum Gasteiger partial charge on any atom is -0.0292 e. The van der Waals surface area contributed by atoms with E-state index in [0.717, 1.165) is 5.92 Å². The van der Waals surface area contributed by atoms with Crippen LogP contribution in [0.1, 0.15) is 46.5 Å². The molecule has 1 atom stereocenters. The van der Waals surface area contributed by atoms with Gasteiger partial charge in [0.1, 0.15) is 0 Å². The number of allylic oxidation sites excluding steroid dienone is 2. The van der Waals surface area contributed by atoms with E-state index in [0.29, 0.717) is 0 Å². The molecule has 0 heterocycles. The third-order valence-electron chi connectivity index (χ3n) is 2.83. The van der Waals surface area contributed by atoms with Crippen molar-refractivity contribution in [3.63, 3.8) is 0 Å². The van der Waals surface area contributed by atoms with Gasteiger partial charge in [-0.1, -0.05) is 24.5 Å². The van der Waals surface area contributed by atoms with Crippen LogP contribution in [0.15, 0.2) is 11.1 Å². The molecule has 10 heavy (non-hydrogen) atoms. The zero-order valence-electron chi connectivity index (χ0n) is 7.41. The monoisotopic (exact) mass is 138 g/mol. The average molecular weight is 138 g/mol. The predicted octanol–water partition coefficient (Wildman–Crippen LogP) is 3.53. The van der Waals surface area contributed by atoms with Crippen LogP contribution < -0.4 is 0 Å². The SMILES string of the molecule is CCC1CCC(C)=C(C)C1. The zero-order valence-corrected chi connectivity index (χ0v) is 7.41. The summed E-state index contributed by atoms with van der Waals surface area (Å²) in [6, 6.07) is 0. The van der Waals surface area contributed by atoms with Crippen LogP contribution in [-0.2, 0) is 0 Å². The number of hydrogen-bond acceptors (Lipinski definition) is 0. The minimum absolute atomic E-state index is 0.990. The first-order chi connectivity index (χ1) is 4.74. The summed E-state index contributed by atoms with van der Waals surface area (Å²) in [5, 5.41) is 0. The van der Waals surface area contributed by atoms with E-state index in [1.807, 2.05) is 0 Å². The lowest BCUT2D eigenvalue weighted by Crippen LogP contribution is -2.06. The second kappa shape index (κ2) is 3.23. The smallest absolute Gasteiger partial charge is 0.0292 e. The van der Waals surface area contributed by atoms with Gasteiger partial charge < -0.3 is 0 Å². The lowest BCUT2D eigenvalue weighted by molar-refractivity contribution is 0.441. The van der Waals surface area contributed by atoms with Crippen LogP contribution in [0.5, 0.6) is 0 Å². The molecular formula is C10H18. The molecule has 1 aliphatic rings. The molecule has 58 valence electrons. The quantitative estimate of drug-likeness (QED) is 0.486. The summed E-state index contributed by atoms with van der Waals surface area (Å²) < 4.78 is 0. The highest BCUT2D eigenvalue weighted by Gasteiger charge is 2.13. The first-order valence-corrected chi connectivity index (χ1v) is 4.39. The van der Waals surface area contributed by atoms with E-state index in [4.69, 9.17) is 0 Å². The number of hydrogen-bond donors (Lipinski definition) is 0. The van der Waals surface area contributed by atoms with Gasteiger partial charge in [-0.05, 0) is 39.0 Å². The Balaban J connectivity index is 2.54. The van der Waals surface area contributed by atoms with Crippen molar-refractivity contribution in [1.29, 1.82) is 0 Å². The summed E-state index contributed by atoms with van der Waals surface area (Å²) in [5.41, 5.74) is 3.29. The Morgan fingerprint density at radius 3 is 2.50 bits per heavy atom. The van der Waals surface area contributed by atoms with Gasteiger partial charge in [-0.15, -0.1) is 0 Å². The fraction of sp³-hybridized carbons (Fsp3) is 0.800. The molecule has 0 N–H and O–H groups in total. The van der Waals surface area contributed by atoms with Crippen molar-refractivity contribution in [3.8, 4) is 0 Å². The lowest BCUT2D eigenvalue weighted by atomic mass is 9.84. The van der Waals surface area contributed by atoms with Crippen molar-refractivity contribution in [1.82, 2.24) is 0 Å². The molecule has 1 rings (SSSR count). The van der Waals surface area contributed by atoms with E-state index in [9.17, 15) is 0 Å². The highest BCUT2D eigenvalue weighted by molar-refractivity contribution is 5.13. The molecule has 1 aliphatic carbocycles. The summed E-state index contributed by atoms with van der Waals surface area (Å²) in [6.07, 6.45) is 5.51. The number of rotatable bonds is 1. The van der Waals surface area contributed by atoms with E-state index in [-0.39, 0.29) is 0 Å². The van der Waals surface area contributed by atoms with E-state index < -0.39 is 0 Å². The fourth-order valence-corrected chi connectivity index (χ4v) is 1.69. The van der Waals surface area contributed by atoms with Crippen molar-refractivity contribution in [2.45, 2.75) is 46.5 Å². The summed E-state index contributed by atoms with van der Waals surface area (Å²) >= 11 is 0. The van der Waals surface area contributed by atoms with Gasteiger partial charge in [0, 0.05) is 0 Å². The molecule has 0 amide bonds. The molecule has 0 nitrogen and oxygen atoms in total. The summed E-state index contributed by atoms with van der Waals surface area (Å²) in [4.78, 5) is 0. The molecule has 0 spiro atoms. The van der Waals surface area contributed by atoms with Crippen LogP contribution in [0.3, 0.4) is 0 Å². The first kappa shape index (κ1) is 7.84. The highest BCUT2D eigenvalue weighted by Crippen LogP contribution is 2.30. The molecule has 0 saturated heterocycles. The minimum atomic E-state index is 0.990. The van der Waals surface area contributed by atoms with Crippen molar-refractivity contribution in [2.75, 3.05) is 0 Å². The molecule has 0 aliphatic heterocycles. The molecule has 0 heteroatoms. The van der Waals surface area contributed by atoms with Gasteiger partial charge in [-0.25, -0.2) is 0 Å². The van der Waals surface area contributed by atoms with E-state index >= 15 is 0 Å². The van der Waals surface area contributed by atoms with Gasteiger partial charge in [0.15, 0.2) is 0 Å². The lowest BCUT2D eigenvalue weighted by Gasteiger charge is -2.22. The predicted molar refractivity (Wildman–Crippen MR) is 46.0 cm³/mol. The summed E-state index contributed by atoms with van der Waals surface area (Å²) in [7, 11) is 0. The molecule has 0 aromatic heterocycles. The Morgan fingerprint density at radius 2 is 2.00 bits per heavy atom. The minimum Gasteiger partial charge on any atom is -0.0744 e. The Hall–Kier alpha value is -0.260. The molecular weight excluding hydrogens is 120 g/mol. The second-order valence-electron chi connectivity index (χ2n) is 3.58. The maximum absolute atomic E-state index is 2.30. The second-order valence-corrected chi connectivity index (χ2v) is 3.58. The molecule has 0 aromatic rings. The highest BCUT2D eigenvalue weighted by atomic mass is 14.2. The van der Waals surface area contributed by atoms with Crippen molar-refractivity contribution < 1.29 is 0 Å².